The van der Waals surface area contributed by atoms with Crippen LogP contribution < -0.4 is 20.1 Å². The van der Waals surface area contributed by atoms with Crippen molar-refractivity contribution < 1.29 is 14.3 Å². The summed E-state index contributed by atoms with van der Waals surface area (Å²) in [4.78, 5) is 12.6. The van der Waals surface area contributed by atoms with Crippen LogP contribution in [0.5, 0.6) is 11.5 Å². The number of benzene rings is 3. The normalized spacial score (nSPS) is 10.5. The number of anilines is 1. The molecule has 3 rings (SSSR count). The van der Waals surface area contributed by atoms with E-state index in [1.54, 1.807) is 18.2 Å². The third-order valence-electron chi connectivity index (χ3n) is 4.63. The highest BCUT2D eigenvalue weighted by Gasteiger charge is 2.10. The number of amides is 1. The van der Waals surface area contributed by atoms with Gasteiger partial charge in [-0.25, -0.2) is 0 Å². The topological polar surface area (TPSA) is 59.6 Å². The first-order valence-electron chi connectivity index (χ1n) is 10.6. The summed E-state index contributed by atoms with van der Waals surface area (Å²) in [6, 6.07) is 24.5. The summed E-state index contributed by atoms with van der Waals surface area (Å²) in [5.41, 5.74) is 2.30. The number of hydrogen-bond acceptors (Lipinski definition) is 4. The second kappa shape index (κ2) is 11.9. The first-order valence-corrected chi connectivity index (χ1v) is 11.0. The van der Waals surface area contributed by atoms with Gasteiger partial charge in [0.05, 0.1) is 6.61 Å². The molecule has 3 aromatic rings. The fourth-order valence-electron chi connectivity index (χ4n) is 2.88. The van der Waals surface area contributed by atoms with Crippen LogP contribution in [0, 0.1) is 5.92 Å². The predicted octanol–water partition coefficient (Wildman–Crippen LogP) is 5.82. The van der Waals surface area contributed by atoms with Crippen LogP contribution in [0.2, 0.25) is 0 Å². The van der Waals surface area contributed by atoms with Gasteiger partial charge in [-0.05, 0) is 60.5 Å². The highest BCUT2D eigenvalue weighted by molar-refractivity contribution is 7.80. The minimum Gasteiger partial charge on any atom is -0.494 e. The summed E-state index contributed by atoms with van der Waals surface area (Å²) in [5.74, 6) is 1.64. The fraction of sp³-hybridized carbons (Fsp3) is 0.231. The lowest BCUT2D eigenvalue weighted by molar-refractivity contribution is 0.0977. The zero-order valence-electron chi connectivity index (χ0n) is 18.3. The molecule has 6 heteroatoms. The maximum Gasteiger partial charge on any atom is 0.257 e. The van der Waals surface area contributed by atoms with Crippen molar-refractivity contribution in [3.8, 4) is 11.5 Å². The van der Waals surface area contributed by atoms with Gasteiger partial charge in [-0.3, -0.25) is 10.1 Å². The third-order valence-corrected chi connectivity index (χ3v) is 4.83. The van der Waals surface area contributed by atoms with Crippen molar-refractivity contribution in [2.45, 2.75) is 26.9 Å². The molecule has 3 aromatic carbocycles. The zero-order valence-corrected chi connectivity index (χ0v) is 19.2. The van der Waals surface area contributed by atoms with Crippen molar-refractivity contribution in [1.82, 2.24) is 5.32 Å². The van der Waals surface area contributed by atoms with Crippen LogP contribution in [0.25, 0.3) is 0 Å². The SMILES string of the molecule is CC(C)CCOc1cccc(C(=O)NC(=S)Nc2cccc(OCc3ccccc3)c2)c1. The van der Waals surface area contributed by atoms with Crippen LogP contribution in [0.1, 0.15) is 36.2 Å². The Labute approximate surface area is 194 Å². The molecule has 0 radical (unpaired) electrons. The monoisotopic (exact) mass is 448 g/mol. The Kier molecular flexibility index (Phi) is 8.63. The number of ether oxygens (including phenoxy) is 2. The lowest BCUT2D eigenvalue weighted by Gasteiger charge is -2.12. The maximum atomic E-state index is 12.6. The van der Waals surface area contributed by atoms with Gasteiger partial charge in [0.25, 0.3) is 5.91 Å². The summed E-state index contributed by atoms with van der Waals surface area (Å²) in [5, 5.41) is 5.95. The van der Waals surface area contributed by atoms with E-state index in [9.17, 15) is 4.79 Å². The molecule has 0 aromatic heterocycles. The molecule has 0 spiro atoms. The highest BCUT2D eigenvalue weighted by Crippen LogP contribution is 2.19. The van der Waals surface area contributed by atoms with Crippen molar-refractivity contribution in [3.05, 3.63) is 90.0 Å². The Morgan fingerprint density at radius 1 is 0.906 bits per heavy atom. The molecule has 0 bridgehead atoms. The van der Waals surface area contributed by atoms with Crippen LogP contribution in [-0.4, -0.2) is 17.6 Å². The largest absolute Gasteiger partial charge is 0.494 e. The molecule has 5 nitrogen and oxygen atoms in total. The molecule has 1 amide bonds. The van der Waals surface area contributed by atoms with E-state index in [1.165, 1.54) is 0 Å². The number of carbonyl (C=O) groups excluding carboxylic acids is 1. The Morgan fingerprint density at radius 2 is 1.62 bits per heavy atom. The van der Waals surface area contributed by atoms with E-state index in [2.05, 4.69) is 24.5 Å². The van der Waals surface area contributed by atoms with Gasteiger partial charge in [-0.2, -0.15) is 0 Å². The third kappa shape index (κ3) is 7.71. The standard InChI is InChI=1S/C26H28N2O3S/c1-19(2)14-15-30-23-12-6-10-21(16-23)25(29)28-26(32)27-22-11-7-13-24(17-22)31-18-20-8-4-3-5-9-20/h3-13,16-17,19H,14-15,18H2,1-2H3,(H2,27,28,29,32). The molecule has 32 heavy (non-hydrogen) atoms. The number of rotatable bonds is 9. The van der Waals surface area contributed by atoms with E-state index in [0.717, 1.165) is 17.7 Å². The molecular weight excluding hydrogens is 420 g/mol. The van der Waals surface area contributed by atoms with Crippen molar-refractivity contribution in [1.29, 1.82) is 0 Å². The van der Waals surface area contributed by atoms with Crippen LogP contribution in [0.15, 0.2) is 78.9 Å². The quantitative estimate of drug-likeness (QED) is 0.404. The number of nitrogens with one attached hydrogen (secondary N) is 2. The van der Waals surface area contributed by atoms with Crippen molar-refractivity contribution in [2.24, 2.45) is 5.92 Å². The Bertz CT molecular complexity index is 1040. The van der Waals surface area contributed by atoms with Crippen LogP contribution >= 0.6 is 12.2 Å². The Balaban J connectivity index is 1.52. The Morgan fingerprint density at radius 3 is 2.38 bits per heavy atom. The molecule has 0 fully saturated rings. The molecule has 0 aliphatic carbocycles. The Hall–Kier alpha value is -3.38. The first kappa shape index (κ1) is 23.3. The molecule has 0 aliphatic heterocycles. The van der Waals surface area contributed by atoms with Crippen molar-refractivity contribution in [3.63, 3.8) is 0 Å². The van der Waals surface area contributed by atoms with Gasteiger partial charge in [-0.15, -0.1) is 0 Å². The molecule has 0 aliphatic rings. The van der Waals surface area contributed by atoms with Crippen LogP contribution in [0.3, 0.4) is 0 Å². The molecule has 0 saturated heterocycles. The highest BCUT2D eigenvalue weighted by atomic mass is 32.1. The molecule has 0 heterocycles. The molecule has 2 N–H and O–H groups in total. The van der Waals surface area contributed by atoms with Crippen molar-refractivity contribution >= 4 is 28.9 Å². The summed E-state index contributed by atoms with van der Waals surface area (Å²) >= 11 is 5.31. The van der Waals surface area contributed by atoms with Gasteiger partial charge in [0.15, 0.2) is 5.11 Å². The van der Waals surface area contributed by atoms with Crippen molar-refractivity contribution in [2.75, 3.05) is 11.9 Å². The van der Waals surface area contributed by atoms with E-state index in [1.807, 2.05) is 60.7 Å². The number of thiocarbonyl (C=S) groups is 1. The molecule has 0 saturated carbocycles. The minimum atomic E-state index is -0.298. The summed E-state index contributed by atoms with van der Waals surface area (Å²) < 4.78 is 11.6. The number of carbonyl (C=O) groups is 1. The minimum absolute atomic E-state index is 0.210. The van der Waals surface area contributed by atoms with E-state index in [-0.39, 0.29) is 11.0 Å². The first-order chi connectivity index (χ1) is 15.5. The maximum absolute atomic E-state index is 12.6. The van der Waals surface area contributed by atoms with E-state index < -0.39 is 0 Å². The summed E-state index contributed by atoms with van der Waals surface area (Å²) in [6.07, 6.45) is 0.957. The molecule has 0 atom stereocenters. The van der Waals surface area contributed by atoms with Gasteiger partial charge >= 0.3 is 0 Å². The summed E-state index contributed by atoms with van der Waals surface area (Å²) in [7, 11) is 0. The van der Waals surface area contributed by atoms with Gasteiger partial charge in [0, 0.05) is 17.3 Å². The van der Waals surface area contributed by atoms with Gasteiger partial charge in [0.2, 0.25) is 0 Å². The lowest BCUT2D eigenvalue weighted by atomic mass is 10.1. The molecule has 0 unspecified atom stereocenters. The average molecular weight is 449 g/mol. The van der Waals surface area contributed by atoms with Gasteiger partial charge in [0.1, 0.15) is 18.1 Å². The average Bonchev–Trinajstić information content (AvgIpc) is 2.78. The fourth-order valence-corrected chi connectivity index (χ4v) is 3.09. The smallest absolute Gasteiger partial charge is 0.257 e. The predicted molar refractivity (Wildman–Crippen MR) is 132 cm³/mol. The van der Waals surface area contributed by atoms with Crippen LogP contribution in [-0.2, 0) is 6.61 Å². The van der Waals surface area contributed by atoms with E-state index >= 15 is 0 Å². The van der Waals surface area contributed by atoms with E-state index in [4.69, 9.17) is 21.7 Å². The summed E-state index contributed by atoms with van der Waals surface area (Å²) in [6.45, 7) is 5.38. The second-order valence-electron chi connectivity index (χ2n) is 7.77. The van der Waals surface area contributed by atoms with Gasteiger partial charge in [-0.1, -0.05) is 56.3 Å². The van der Waals surface area contributed by atoms with Gasteiger partial charge < -0.3 is 14.8 Å². The van der Waals surface area contributed by atoms with Crippen LogP contribution in [0.4, 0.5) is 5.69 Å². The van der Waals surface area contributed by atoms with E-state index in [0.29, 0.717) is 36.2 Å². The number of hydrogen-bond donors (Lipinski definition) is 2. The molecule has 166 valence electrons. The zero-order chi connectivity index (χ0) is 22.8. The molecular formula is C26H28N2O3S. The lowest BCUT2D eigenvalue weighted by Crippen LogP contribution is -2.34. The second-order valence-corrected chi connectivity index (χ2v) is 8.18.